The van der Waals surface area contributed by atoms with Crippen LogP contribution in [0.5, 0.6) is 0 Å². The summed E-state index contributed by atoms with van der Waals surface area (Å²) >= 11 is 0. The van der Waals surface area contributed by atoms with Crippen LogP contribution in [0.25, 0.3) is 0 Å². The molecule has 0 aliphatic heterocycles. The molecule has 140 valence electrons. The van der Waals surface area contributed by atoms with Gasteiger partial charge in [0.25, 0.3) is 0 Å². The van der Waals surface area contributed by atoms with Gasteiger partial charge in [-0.1, -0.05) is 57.4 Å². The summed E-state index contributed by atoms with van der Waals surface area (Å²) in [6.07, 6.45) is 7.41. The number of esters is 1. The number of ether oxygens (including phenoxy) is 1. The lowest BCUT2D eigenvalue weighted by molar-refractivity contribution is -0.140. The predicted octanol–water partition coefficient (Wildman–Crippen LogP) is 5.13. The zero-order chi connectivity index (χ0) is 18.2. The molecule has 0 N–H and O–H groups in total. The highest BCUT2D eigenvalue weighted by Gasteiger charge is 2.19. The number of hydrogen-bond donors (Lipinski definition) is 0. The molecule has 0 amide bonds. The van der Waals surface area contributed by atoms with Crippen LogP contribution in [0, 0.1) is 5.92 Å². The van der Waals surface area contributed by atoms with E-state index in [-0.39, 0.29) is 17.0 Å². The third kappa shape index (κ3) is 6.58. The summed E-state index contributed by atoms with van der Waals surface area (Å²) in [6, 6.07) is 8.52. The van der Waals surface area contributed by atoms with E-state index in [0.29, 0.717) is 18.4 Å². The number of rotatable bonds is 8. The van der Waals surface area contributed by atoms with E-state index in [1.54, 1.807) is 0 Å². The summed E-state index contributed by atoms with van der Waals surface area (Å²) in [5.41, 5.74) is 2.43. The lowest BCUT2D eigenvalue weighted by Gasteiger charge is -2.22. The smallest absolute Gasteiger partial charge is 0.318 e. The fraction of sp³-hybridized carbons (Fsp3) is 0.667. The van der Waals surface area contributed by atoms with Crippen LogP contribution in [0.3, 0.4) is 0 Å². The van der Waals surface area contributed by atoms with Crippen LogP contribution < -0.4 is 0 Å². The molecule has 3 nitrogen and oxygen atoms in total. The van der Waals surface area contributed by atoms with Gasteiger partial charge in [0.2, 0.25) is 0 Å². The maximum absolute atomic E-state index is 12.4. The lowest BCUT2D eigenvalue weighted by atomic mass is 9.84. The molecular weight excluding hydrogens is 332 g/mol. The van der Waals surface area contributed by atoms with Gasteiger partial charge in [-0.25, -0.2) is 0 Å². The summed E-state index contributed by atoms with van der Waals surface area (Å²) in [7, 11) is -1.25. The van der Waals surface area contributed by atoms with Gasteiger partial charge in [-0.2, -0.15) is 0 Å². The van der Waals surface area contributed by atoms with Crippen molar-refractivity contribution in [2.75, 3.05) is 12.4 Å². The molecule has 0 spiro atoms. The predicted molar refractivity (Wildman–Crippen MR) is 104 cm³/mol. The normalized spacial score (nSPS) is 18.1. The third-order valence-electron chi connectivity index (χ3n) is 5.10. The SMILES string of the molecule is CC(C)CCOC(=O)CS(=O)C(C)c1ccc(C2CCCCC2)cc1. The van der Waals surface area contributed by atoms with Crippen molar-refractivity contribution in [3.8, 4) is 0 Å². The minimum atomic E-state index is -1.25. The molecule has 0 aromatic heterocycles. The lowest BCUT2D eigenvalue weighted by Crippen LogP contribution is -2.18. The maximum atomic E-state index is 12.4. The molecule has 1 saturated carbocycles. The first kappa shape index (κ1) is 20.2. The van der Waals surface area contributed by atoms with Gasteiger partial charge in [-0.05, 0) is 49.1 Å². The fourth-order valence-electron chi connectivity index (χ4n) is 3.32. The summed E-state index contributed by atoms with van der Waals surface area (Å²) < 4.78 is 17.6. The number of carbonyl (C=O) groups is 1. The molecule has 0 saturated heterocycles. The first-order valence-corrected chi connectivity index (χ1v) is 11.0. The van der Waals surface area contributed by atoms with Gasteiger partial charge in [0.1, 0.15) is 5.75 Å². The van der Waals surface area contributed by atoms with Crippen LogP contribution >= 0.6 is 0 Å². The average molecular weight is 365 g/mol. The van der Waals surface area contributed by atoms with Crippen molar-refractivity contribution in [1.82, 2.24) is 0 Å². The molecule has 0 bridgehead atoms. The molecule has 1 aliphatic rings. The molecule has 2 atom stereocenters. The monoisotopic (exact) mass is 364 g/mol. The minimum absolute atomic E-state index is 0.0242. The molecule has 25 heavy (non-hydrogen) atoms. The van der Waals surface area contributed by atoms with Crippen molar-refractivity contribution in [2.45, 2.75) is 70.5 Å². The second-order valence-electron chi connectivity index (χ2n) is 7.57. The highest BCUT2D eigenvalue weighted by atomic mass is 32.2. The van der Waals surface area contributed by atoms with Gasteiger partial charge in [-0.3, -0.25) is 9.00 Å². The van der Waals surface area contributed by atoms with E-state index in [1.165, 1.54) is 37.7 Å². The molecule has 1 aromatic carbocycles. The molecule has 1 aliphatic carbocycles. The Labute approximate surface area is 155 Å². The summed E-state index contributed by atoms with van der Waals surface area (Å²) in [6.45, 7) is 6.52. The van der Waals surface area contributed by atoms with Crippen molar-refractivity contribution in [2.24, 2.45) is 5.92 Å². The fourth-order valence-corrected chi connectivity index (χ4v) is 4.34. The Bertz CT molecular complexity index is 559. The van der Waals surface area contributed by atoms with Crippen LogP contribution in [-0.2, 0) is 20.3 Å². The van der Waals surface area contributed by atoms with Gasteiger partial charge < -0.3 is 4.74 Å². The van der Waals surface area contributed by atoms with Crippen molar-refractivity contribution in [1.29, 1.82) is 0 Å². The molecule has 0 heterocycles. The van der Waals surface area contributed by atoms with Gasteiger partial charge in [0, 0.05) is 10.8 Å². The Morgan fingerprint density at radius 2 is 1.76 bits per heavy atom. The van der Waals surface area contributed by atoms with Crippen LogP contribution in [-0.4, -0.2) is 22.5 Å². The largest absolute Gasteiger partial charge is 0.465 e. The first-order chi connectivity index (χ1) is 12.0. The Hall–Kier alpha value is -1.16. The molecule has 0 radical (unpaired) electrons. The quantitative estimate of drug-likeness (QED) is 0.600. The van der Waals surface area contributed by atoms with E-state index in [9.17, 15) is 9.00 Å². The van der Waals surface area contributed by atoms with Crippen molar-refractivity contribution < 1.29 is 13.7 Å². The highest BCUT2D eigenvalue weighted by Crippen LogP contribution is 2.33. The minimum Gasteiger partial charge on any atom is -0.465 e. The topological polar surface area (TPSA) is 43.4 Å². The molecule has 4 heteroatoms. The van der Waals surface area contributed by atoms with E-state index in [2.05, 4.69) is 38.1 Å². The molecular formula is C21H32O3S. The van der Waals surface area contributed by atoms with Gasteiger partial charge in [0.15, 0.2) is 0 Å². The molecule has 2 rings (SSSR count). The van der Waals surface area contributed by atoms with Gasteiger partial charge in [-0.15, -0.1) is 0 Å². The Kier molecular flexibility index (Phi) is 8.14. The van der Waals surface area contributed by atoms with Crippen LogP contribution in [0.1, 0.15) is 81.6 Å². The zero-order valence-corrected chi connectivity index (χ0v) is 16.6. The second kappa shape index (κ2) is 10.1. The van der Waals surface area contributed by atoms with Crippen molar-refractivity contribution in [3.63, 3.8) is 0 Å². The van der Waals surface area contributed by atoms with Crippen LogP contribution in [0.2, 0.25) is 0 Å². The van der Waals surface area contributed by atoms with Gasteiger partial charge >= 0.3 is 5.97 Å². The van der Waals surface area contributed by atoms with E-state index in [4.69, 9.17) is 4.74 Å². The Morgan fingerprint density at radius 1 is 1.12 bits per heavy atom. The first-order valence-electron chi connectivity index (χ1n) is 9.60. The van der Waals surface area contributed by atoms with E-state index >= 15 is 0 Å². The van der Waals surface area contributed by atoms with E-state index < -0.39 is 10.8 Å². The average Bonchev–Trinajstić information content (AvgIpc) is 2.61. The number of hydrogen-bond acceptors (Lipinski definition) is 3. The van der Waals surface area contributed by atoms with Crippen LogP contribution in [0.15, 0.2) is 24.3 Å². The third-order valence-corrected chi connectivity index (χ3v) is 6.68. The summed E-state index contributed by atoms with van der Waals surface area (Å²) in [5.74, 6) is 0.799. The Balaban J connectivity index is 1.85. The van der Waals surface area contributed by atoms with Gasteiger partial charge in [0.05, 0.1) is 11.9 Å². The van der Waals surface area contributed by atoms with Crippen molar-refractivity contribution in [3.05, 3.63) is 35.4 Å². The Morgan fingerprint density at radius 3 is 2.36 bits per heavy atom. The molecule has 1 fully saturated rings. The van der Waals surface area contributed by atoms with Crippen LogP contribution in [0.4, 0.5) is 0 Å². The zero-order valence-electron chi connectivity index (χ0n) is 15.8. The van der Waals surface area contributed by atoms with E-state index in [0.717, 1.165) is 12.0 Å². The summed E-state index contributed by atoms with van der Waals surface area (Å²) in [4.78, 5) is 11.8. The standard InChI is InChI=1S/C21H32O3S/c1-16(2)13-14-24-21(22)15-25(23)17(3)18-9-11-20(12-10-18)19-7-5-4-6-8-19/h9-12,16-17,19H,4-8,13-15H2,1-3H3. The van der Waals surface area contributed by atoms with E-state index in [1.807, 2.05) is 6.92 Å². The second-order valence-corrected chi connectivity index (χ2v) is 9.33. The maximum Gasteiger partial charge on any atom is 0.318 e. The highest BCUT2D eigenvalue weighted by molar-refractivity contribution is 7.85. The van der Waals surface area contributed by atoms with Crippen molar-refractivity contribution >= 4 is 16.8 Å². The number of benzene rings is 1. The number of carbonyl (C=O) groups excluding carboxylic acids is 1. The molecule has 2 unspecified atom stereocenters. The molecule has 1 aromatic rings. The summed E-state index contributed by atoms with van der Waals surface area (Å²) in [5, 5.41) is -0.155.